The van der Waals surface area contributed by atoms with Crippen molar-refractivity contribution in [3.8, 4) is 0 Å². The molecule has 0 spiro atoms. The number of nitrogens with one attached hydrogen (secondary N) is 1. The molecule has 6 heteroatoms. The van der Waals surface area contributed by atoms with Crippen molar-refractivity contribution in [1.29, 1.82) is 0 Å². The Morgan fingerprint density at radius 1 is 1.20 bits per heavy atom. The van der Waals surface area contributed by atoms with Gasteiger partial charge in [-0.3, -0.25) is 9.59 Å². The molecule has 108 valence electrons. The molecule has 2 amide bonds. The molecule has 1 heterocycles. The van der Waals surface area contributed by atoms with Gasteiger partial charge in [0.05, 0.1) is 12.6 Å². The molecule has 6 nitrogen and oxygen atoms in total. The van der Waals surface area contributed by atoms with Crippen LogP contribution >= 0.6 is 0 Å². The highest BCUT2D eigenvalue weighted by molar-refractivity contribution is 6.04. The van der Waals surface area contributed by atoms with Gasteiger partial charge in [0, 0.05) is 19.3 Å². The number of hydrogen-bond donors (Lipinski definition) is 2. The van der Waals surface area contributed by atoms with E-state index in [1.807, 2.05) is 0 Å². The summed E-state index contributed by atoms with van der Waals surface area (Å²) in [6.07, 6.45) is -0.584. The SMILES string of the molecule is CNCC(O)c1ccc(N2CC(=O)N(C)CC2=O)cc1. The zero-order chi connectivity index (χ0) is 14.7. The summed E-state index contributed by atoms with van der Waals surface area (Å²) in [5.41, 5.74) is 1.45. The van der Waals surface area contributed by atoms with Crippen molar-refractivity contribution in [3.05, 3.63) is 29.8 Å². The van der Waals surface area contributed by atoms with Crippen LogP contribution in [-0.4, -0.2) is 55.6 Å². The first kappa shape index (κ1) is 14.5. The second-order valence-electron chi connectivity index (χ2n) is 4.89. The zero-order valence-corrected chi connectivity index (χ0v) is 11.7. The van der Waals surface area contributed by atoms with Crippen molar-refractivity contribution in [2.24, 2.45) is 0 Å². The fraction of sp³-hybridized carbons (Fsp3) is 0.429. The molecule has 20 heavy (non-hydrogen) atoms. The minimum atomic E-state index is -0.584. The number of nitrogens with zero attached hydrogens (tertiary/aromatic N) is 2. The molecule has 2 N–H and O–H groups in total. The number of aliphatic hydroxyl groups excluding tert-OH is 1. The molecule has 2 rings (SSSR count). The first-order chi connectivity index (χ1) is 9.52. The van der Waals surface area contributed by atoms with Gasteiger partial charge in [-0.1, -0.05) is 12.1 Å². The van der Waals surface area contributed by atoms with Gasteiger partial charge in [-0.05, 0) is 24.7 Å². The van der Waals surface area contributed by atoms with Crippen LogP contribution in [0, 0.1) is 0 Å². The first-order valence-electron chi connectivity index (χ1n) is 6.50. The molecule has 0 radical (unpaired) electrons. The number of anilines is 1. The number of hydrogen-bond acceptors (Lipinski definition) is 4. The van der Waals surface area contributed by atoms with Crippen LogP contribution in [0.3, 0.4) is 0 Å². The number of rotatable bonds is 4. The Hall–Kier alpha value is -1.92. The van der Waals surface area contributed by atoms with Crippen LogP contribution < -0.4 is 10.2 Å². The van der Waals surface area contributed by atoms with Gasteiger partial charge in [-0.15, -0.1) is 0 Å². The van der Waals surface area contributed by atoms with E-state index in [4.69, 9.17) is 0 Å². The number of carbonyl (C=O) groups excluding carboxylic acids is 2. The highest BCUT2D eigenvalue weighted by atomic mass is 16.3. The summed E-state index contributed by atoms with van der Waals surface area (Å²) in [6, 6.07) is 7.05. The maximum atomic E-state index is 11.9. The first-order valence-corrected chi connectivity index (χ1v) is 6.50. The molecule has 1 aromatic rings. The highest BCUT2D eigenvalue weighted by Gasteiger charge is 2.28. The molecule has 0 aromatic heterocycles. The van der Waals surface area contributed by atoms with E-state index in [1.54, 1.807) is 38.4 Å². The number of benzene rings is 1. The topological polar surface area (TPSA) is 72.9 Å². The standard InChI is InChI=1S/C14H19N3O3/c1-15-7-12(18)10-3-5-11(6-4-10)17-9-13(19)16(2)8-14(17)20/h3-6,12,15,18H,7-9H2,1-2H3. The smallest absolute Gasteiger partial charge is 0.247 e. The summed E-state index contributed by atoms with van der Waals surface area (Å²) >= 11 is 0. The molecule has 0 aliphatic carbocycles. The van der Waals surface area contributed by atoms with Gasteiger partial charge in [-0.2, -0.15) is 0 Å². The van der Waals surface area contributed by atoms with Gasteiger partial charge in [0.15, 0.2) is 0 Å². The second kappa shape index (κ2) is 6.02. The molecule has 1 aliphatic heterocycles. The monoisotopic (exact) mass is 277 g/mol. The van der Waals surface area contributed by atoms with E-state index in [9.17, 15) is 14.7 Å². The predicted molar refractivity (Wildman–Crippen MR) is 75.3 cm³/mol. The van der Waals surface area contributed by atoms with E-state index in [-0.39, 0.29) is 24.9 Å². The average Bonchev–Trinajstić information content (AvgIpc) is 2.43. The van der Waals surface area contributed by atoms with Crippen LogP contribution in [0.5, 0.6) is 0 Å². The Morgan fingerprint density at radius 3 is 2.45 bits per heavy atom. The molecule has 1 fully saturated rings. The second-order valence-corrected chi connectivity index (χ2v) is 4.89. The number of piperazine rings is 1. The van der Waals surface area contributed by atoms with Crippen molar-refractivity contribution in [1.82, 2.24) is 10.2 Å². The van der Waals surface area contributed by atoms with Gasteiger partial charge in [-0.25, -0.2) is 0 Å². The van der Waals surface area contributed by atoms with E-state index in [1.165, 1.54) is 9.80 Å². The zero-order valence-electron chi connectivity index (χ0n) is 11.7. The van der Waals surface area contributed by atoms with Crippen molar-refractivity contribution in [2.45, 2.75) is 6.10 Å². The molecule has 1 aliphatic rings. The normalized spacial score (nSPS) is 17.6. The van der Waals surface area contributed by atoms with Gasteiger partial charge >= 0.3 is 0 Å². The van der Waals surface area contributed by atoms with Gasteiger partial charge in [0.25, 0.3) is 0 Å². The number of likely N-dealkylation sites (N-methyl/N-ethyl adjacent to an activating group) is 2. The lowest BCUT2D eigenvalue weighted by atomic mass is 10.1. The predicted octanol–water partition coefficient (Wildman–Crippen LogP) is -0.256. The molecule has 0 bridgehead atoms. The van der Waals surface area contributed by atoms with Crippen LogP contribution in [0.25, 0.3) is 0 Å². The summed E-state index contributed by atoms with van der Waals surface area (Å²) < 4.78 is 0. The molecule has 1 aromatic carbocycles. The van der Waals surface area contributed by atoms with E-state index in [2.05, 4.69) is 5.32 Å². The fourth-order valence-electron chi connectivity index (χ4n) is 2.14. The maximum Gasteiger partial charge on any atom is 0.247 e. The number of aliphatic hydroxyl groups is 1. The Morgan fingerprint density at radius 2 is 1.85 bits per heavy atom. The Bertz CT molecular complexity index is 501. The number of carbonyl (C=O) groups is 2. The summed E-state index contributed by atoms with van der Waals surface area (Å²) in [6.45, 7) is 0.627. The van der Waals surface area contributed by atoms with Gasteiger partial charge < -0.3 is 20.2 Å². The molecular weight excluding hydrogens is 258 g/mol. The van der Waals surface area contributed by atoms with Crippen LogP contribution in [0.1, 0.15) is 11.7 Å². The Balaban J connectivity index is 2.13. The largest absolute Gasteiger partial charge is 0.387 e. The fourth-order valence-corrected chi connectivity index (χ4v) is 2.14. The summed E-state index contributed by atoms with van der Waals surface area (Å²) in [4.78, 5) is 26.5. The molecule has 1 unspecified atom stereocenters. The van der Waals surface area contributed by atoms with Gasteiger partial charge in [0.2, 0.25) is 11.8 Å². The third-order valence-corrected chi connectivity index (χ3v) is 3.38. The van der Waals surface area contributed by atoms with Crippen LogP contribution in [0.4, 0.5) is 5.69 Å². The van der Waals surface area contributed by atoms with E-state index < -0.39 is 6.10 Å². The summed E-state index contributed by atoms with van der Waals surface area (Å²) in [7, 11) is 3.39. The minimum absolute atomic E-state index is 0.0632. The van der Waals surface area contributed by atoms with Crippen molar-refractivity contribution >= 4 is 17.5 Å². The Labute approximate surface area is 118 Å². The van der Waals surface area contributed by atoms with Gasteiger partial charge in [0.1, 0.15) is 6.54 Å². The van der Waals surface area contributed by atoms with Crippen molar-refractivity contribution < 1.29 is 14.7 Å². The summed E-state index contributed by atoms with van der Waals surface area (Å²) in [5, 5.41) is 12.7. The minimum Gasteiger partial charge on any atom is -0.387 e. The van der Waals surface area contributed by atoms with E-state index in [0.717, 1.165) is 5.56 Å². The number of amides is 2. The Kier molecular flexibility index (Phi) is 4.36. The van der Waals surface area contributed by atoms with E-state index >= 15 is 0 Å². The molecule has 1 saturated heterocycles. The third kappa shape index (κ3) is 2.97. The molecule has 1 atom stereocenters. The van der Waals surface area contributed by atoms with Crippen molar-refractivity contribution in [2.75, 3.05) is 38.6 Å². The van der Waals surface area contributed by atoms with Crippen LogP contribution in [0.15, 0.2) is 24.3 Å². The molecular formula is C14H19N3O3. The lowest BCUT2D eigenvalue weighted by Gasteiger charge is -2.31. The summed E-state index contributed by atoms with van der Waals surface area (Å²) in [5.74, 6) is -0.181. The lowest BCUT2D eigenvalue weighted by molar-refractivity contribution is -0.136. The lowest BCUT2D eigenvalue weighted by Crippen LogP contribution is -2.52. The van der Waals surface area contributed by atoms with Crippen molar-refractivity contribution in [3.63, 3.8) is 0 Å². The van der Waals surface area contributed by atoms with Crippen LogP contribution in [0.2, 0.25) is 0 Å². The highest BCUT2D eigenvalue weighted by Crippen LogP contribution is 2.21. The quantitative estimate of drug-likeness (QED) is 0.795. The maximum absolute atomic E-state index is 11.9. The van der Waals surface area contributed by atoms with E-state index in [0.29, 0.717) is 12.2 Å². The average molecular weight is 277 g/mol. The van der Waals surface area contributed by atoms with Crippen LogP contribution in [-0.2, 0) is 9.59 Å². The molecule has 0 saturated carbocycles. The third-order valence-electron chi connectivity index (χ3n) is 3.38.